The van der Waals surface area contributed by atoms with Crippen molar-refractivity contribution < 1.29 is 35.9 Å². The summed E-state index contributed by atoms with van der Waals surface area (Å²) >= 11 is 0. The molecule has 1 aromatic carbocycles. The van der Waals surface area contributed by atoms with E-state index in [9.17, 15) is 31.1 Å². The topological polar surface area (TPSA) is 38.3 Å². The molecule has 0 aliphatic rings. The number of amides is 1. The number of carbonyl (C=O) groups is 1. The number of ether oxygens (including phenoxy) is 1. The van der Waals surface area contributed by atoms with Gasteiger partial charge in [-0.2, -0.15) is 26.3 Å². The average molecular weight is 329 g/mol. The monoisotopic (exact) mass is 329 g/mol. The van der Waals surface area contributed by atoms with Gasteiger partial charge in [0, 0.05) is 0 Å². The van der Waals surface area contributed by atoms with Crippen molar-refractivity contribution in [3.63, 3.8) is 0 Å². The molecule has 0 saturated heterocycles. The summed E-state index contributed by atoms with van der Waals surface area (Å²) in [4.78, 5) is 11.5. The van der Waals surface area contributed by atoms with Gasteiger partial charge in [0.1, 0.15) is 5.75 Å². The van der Waals surface area contributed by atoms with Crippen LogP contribution < -0.4 is 10.1 Å². The van der Waals surface area contributed by atoms with Gasteiger partial charge in [-0.05, 0) is 31.9 Å². The molecule has 9 heteroatoms. The summed E-state index contributed by atoms with van der Waals surface area (Å²) in [5.41, 5.74) is -3.61. The maximum absolute atomic E-state index is 12.7. The molecule has 1 amide bonds. The van der Waals surface area contributed by atoms with Crippen LogP contribution in [0, 0.1) is 13.8 Å². The Labute approximate surface area is 122 Å². The van der Waals surface area contributed by atoms with Gasteiger partial charge in [0.2, 0.25) is 5.54 Å². The summed E-state index contributed by atoms with van der Waals surface area (Å²) < 4.78 is 80.6. The highest BCUT2D eigenvalue weighted by molar-refractivity contribution is 5.72. The Balaban J connectivity index is 3.04. The zero-order chi connectivity index (χ0) is 17.3. The Bertz CT molecular complexity index is 530. The quantitative estimate of drug-likeness (QED) is 0.823. The van der Waals surface area contributed by atoms with Crippen molar-refractivity contribution in [2.24, 2.45) is 0 Å². The fourth-order valence-corrected chi connectivity index (χ4v) is 1.58. The smallest absolute Gasteiger partial charge is 0.410 e. The van der Waals surface area contributed by atoms with Crippen LogP contribution in [-0.4, -0.2) is 24.0 Å². The van der Waals surface area contributed by atoms with E-state index in [-0.39, 0.29) is 12.7 Å². The van der Waals surface area contributed by atoms with E-state index >= 15 is 0 Å². The first kappa shape index (κ1) is 18.1. The first-order chi connectivity index (χ1) is 9.79. The summed E-state index contributed by atoms with van der Waals surface area (Å²) in [5, 5.41) is 0.865. The van der Waals surface area contributed by atoms with Crippen molar-refractivity contribution in [2.45, 2.75) is 38.7 Å². The van der Waals surface area contributed by atoms with Crippen LogP contribution in [0.2, 0.25) is 0 Å². The van der Waals surface area contributed by atoms with E-state index in [1.807, 2.05) is 0 Å². The first-order valence-corrected chi connectivity index (χ1v) is 5.99. The second kappa shape index (κ2) is 5.69. The minimum absolute atomic E-state index is 0.0910. The lowest BCUT2D eigenvalue weighted by atomic mass is 10.0. The molecule has 22 heavy (non-hydrogen) atoms. The maximum Gasteiger partial charge on any atom is 0.420 e. The van der Waals surface area contributed by atoms with E-state index in [0.717, 1.165) is 5.32 Å². The molecule has 0 spiro atoms. The fraction of sp³-hybridized carbons (Fsp3) is 0.462. The highest BCUT2D eigenvalue weighted by Gasteiger charge is 2.69. The van der Waals surface area contributed by atoms with E-state index in [2.05, 4.69) is 4.74 Å². The summed E-state index contributed by atoms with van der Waals surface area (Å²) in [7, 11) is 0. The molecule has 0 saturated carbocycles. The van der Waals surface area contributed by atoms with E-state index in [4.69, 9.17) is 0 Å². The third kappa shape index (κ3) is 3.45. The number of nitrogens with one attached hydrogen (secondary N) is 1. The van der Waals surface area contributed by atoms with Crippen LogP contribution >= 0.6 is 0 Å². The number of carbonyl (C=O) groups excluding carboxylic acids is 1. The first-order valence-electron chi connectivity index (χ1n) is 5.99. The van der Waals surface area contributed by atoms with E-state index in [1.165, 1.54) is 26.0 Å². The van der Waals surface area contributed by atoms with Crippen LogP contribution in [0.25, 0.3) is 0 Å². The molecule has 0 fully saturated rings. The standard InChI is InChI=1S/C13H13F6NO2/c1-7-5-4-6-8(2)9(7)22-10(21)20-11(3,12(14,15)16)13(17,18)19/h4-6H,1-3H3,(H,20,21). The molecule has 3 nitrogen and oxygen atoms in total. The molecule has 0 atom stereocenters. The van der Waals surface area contributed by atoms with Gasteiger partial charge in [0.05, 0.1) is 0 Å². The van der Waals surface area contributed by atoms with Gasteiger partial charge >= 0.3 is 18.4 Å². The third-order valence-electron chi connectivity index (χ3n) is 3.09. The van der Waals surface area contributed by atoms with Gasteiger partial charge in [-0.1, -0.05) is 18.2 Å². The van der Waals surface area contributed by atoms with Crippen molar-refractivity contribution in [1.29, 1.82) is 0 Å². The second-order valence-electron chi connectivity index (χ2n) is 4.86. The van der Waals surface area contributed by atoms with Crippen LogP contribution in [0.15, 0.2) is 18.2 Å². The van der Waals surface area contributed by atoms with Crippen LogP contribution in [-0.2, 0) is 0 Å². The molecule has 1 N–H and O–H groups in total. The molecule has 0 heterocycles. The molecule has 1 aromatic rings. The van der Waals surface area contributed by atoms with Crippen molar-refractivity contribution in [2.75, 3.05) is 0 Å². The minimum atomic E-state index is -5.73. The number of alkyl halides is 6. The number of rotatable bonds is 2. The molecule has 0 aliphatic carbocycles. The number of hydrogen-bond acceptors (Lipinski definition) is 2. The number of para-hydroxylation sites is 1. The van der Waals surface area contributed by atoms with Gasteiger partial charge in [-0.15, -0.1) is 0 Å². The molecular weight excluding hydrogens is 316 g/mol. The zero-order valence-corrected chi connectivity index (χ0v) is 11.8. The lowest BCUT2D eigenvalue weighted by Gasteiger charge is -2.34. The zero-order valence-electron chi connectivity index (χ0n) is 11.8. The number of halogens is 6. The highest BCUT2D eigenvalue weighted by Crippen LogP contribution is 2.42. The normalized spacial score (nSPS) is 13.0. The van der Waals surface area contributed by atoms with Gasteiger partial charge in [0.25, 0.3) is 0 Å². The van der Waals surface area contributed by atoms with Crippen molar-refractivity contribution >= 4 is 6.09 Å². The Morgan fingerprint density at radius 3 is 1.77 bits per heavy atom. The molecule has 1 rings (SSSR count). The molecule has 0 radical (unpaired) electrons. The molecule has 0 bridgehead atoms. The molecule has 124 valence electrons. The summed E-state index contributed by atoms with van der Waals surface area (Å²) in [5.74, 6) is -0.0910. The predicted molar refractivity (Wildman–Crippen MR) is 65.6 cm³/mol. The van der Waals surface area contributed by atoms with E-state index < -0.39 is 24.0 Å². The summed E-state index contributed by atoms with van der Waals surface area (Å²) in [6.45, 7) is 2.84. The van der Waals surface area contributed by atoms with Crippen molar-refractivity contribution in [1.82, 2.24) is 5.32 Å². The predicted octanol–water partition coefficient (Wildman–Crippen LogP) is 4.28. The Morgan fingerprint density at radius 1 is 1.00 bits per heavy atom. The lowest BCUT2D eigenvalue weighted by Crippen LogP contribution is -2.66. The summed E-state index contributed by atoms with van der Waals surface area (Å²) in [6, 6.07) is 4.61. The Hall–Kier alpha value is -1.93. The van der Waals surface area contributed by atoms with Crippen LogP contribution in [0.1, 0.15) is 18.1 Å². The van der Waals surface area contributed by atoms with E-state index in [1.54, 1.807) is 6.07 Å². The van der Waals surface area contributed by atoms with Gasteiger partial charge < -0.3 is 4.74 Å². The van der Waals surface area contributed by atoms with Crippen molar-refractivity contribution in [3.8, 4) is 5.75 Å². The van der Waals surface area contributed by atoms with Crippen LogP contribution in [0.3, 0.4) is 0 Å². The number of benzene rings is 1. The largest absolute Gasteiger partial charge is 0.420 e. The molecule has 0 unspecified atom stereocenters. The third-order valence-corrected chi connectivity index (χ3v) is 3.09. The van der Waals surface area contributed by atoms with Crippen LogP contribution in [0.4, 0.5) is 31.1 Å². The average Bonchev–Trinajstić information content (AvgIpc) is 2.31. The minimum Gasteiger partial charge on any atom is -0.410 e. The Kier molecular flexibility index (Phi) is 4.69. The molecular formula is C13H13F6NO2. The van der Waals surface area contributed by atoms with E-state index in [0.29, 0.717) is 11.1 Å². The highest BCUT2D eigenvalue weighted by atomic mass is 19.4. The fourth-order valence-electron chi connectivity index (χ4n) is 1.58. The van der Waals surface area contributed by atoms with Gasteiger partial charge in [0.15, 0.2) is 0 Å². The van der Waals surface area contributed by atoms with Gasteiger partial charge in [-0.25, -0.2) is 4.79 Å². The number of aryl methyl sites for hydroxylation is 2. The van der Waals surface area contributed by atoms with Crippen molar-refractivity contribution in [3.05, 3.63) is 29.3 Å². The van der Waals surface area contributed by atoms with Gasteiger partial charge in [-0.3, -0.25) is 5.32 Å². The summed E-state index contributed by atoms with van der Waals surface area (Å²) in [6.07, 6.45) is -13.3. The lowest BCUT2D eigenvalue weighted by molar-refractivity contribution is -0.298. The number of hydrogen-bond donors (Lipinski definition) is 1. The molecule has 0 aliphatic heterocycles. The van der Waals surface area contributed by atoms with Crippen LogP contribution in [0.5, 0.6) is 5.75 Å². The SMILES string of the molecule is Cc1cccc(C)c1OC(=O)NC(C)(C(F)(F)F)C(F)(F)F. The maximum atomic E-state index is 12.7. The second-order valence-corrected chi connectivity index (χ2v) is 4.86. The Morgan fingerprint density at radius 2 is 1.41 bits per heavy atom. The molecule has 0 aromatic heterocycles.